The van der Waals surface area contributed by atoms with Gasteiger partial charge in [0.15, 0.2) is 11.6 Å². The first-order valence-electron chi connectivity index (χ1n) is 6.89. The molecule has 0 aliphatic carbocycles. The van der Waals surface area contributed by atoms with Gasteiger partial charge >= 0.3 is 0 Å². The molecule has 0 fully saturated rings. The van der Waals surface area contributed by atoms with Crippen LogP contribution in [0.1, 0.15) is 0 Å². The van der Waals surface area contributed by atoms with Crippen LogP contribution in [-0.4, -0.2) is 22.7 Å². The monoisotopic (exact) mass is 379 g/mol. The Labute approximate surface area is 152 Å². The Balaban J connectivity index is 1.62. The highest BCUT2D eigenvalue weighted by atomic mass is 35.5. The predicted octanol–water partition coefficient (Wildman–Crippen LogP) is 4.53. The number of rotatable bonds is 5. The Bertz CT molecular complexity index is 870. The van der Waals surface area contributed by atoms with Crippen LogP contribution in [0, 0.1) is 0 Å². The highest BCUT2D eigenvalue weighted by Gasteiger charge is 2.12. The minimum Gasteiger partial charge on any atom is -0.482 e. The van der Waals surface area contributed by atoms with Crippen molar-refractivity contribution in [3.8, 4) is 16.3 Å². The maximum Gasteiger partial charge on any atom is 0.264 e. The number of ether oxygens (including phenoxy) is 1. The van der Waals surface area contributed by atoms with E-state index in [1.807, 2.05) is 18.2 Å². The van der Waals surface area contributed by atoms with E-state index < -0.39 is 0 Å². The molecule has 24 heavy (non-hydrogen) atoms. The van der Waals surface area contributed by atoms with Crippen molar-refractivity contribution in [2.45, 2.75) is 0 Å². The molecule has 0 radical (unpaired) electrons. The number of hydrogen-bond acceptors (Lipinski definition) is 5. The van der Waals surface area contributed by atoms with Crippen molar-refractivity contribution in [2.75, 3.05) is 11.9 Å². The van der Waals surface area contributed by atoms with E-state index in [-0.39, 0.29) is 12.5 Å². The van der Waals surface area contributed by atoms with Gasteiger partial charge < -0.3 is 4.74 Å². The number of anilines is 1. The molecule has 2 aromatic carbocycles. The van der Waals surface area contributed by atoms with Gasteiger partial charge in [0.25, 0.3) is 5.91 Å². The van der Waals surface area contributed by atoms with E-state index in [2.05, 4.69) is 15.5 Å². The third-order valence-corrected chi connectivity index (χ3v) is 4.48. The summed E-state index contributed by atoms with van der Waals surface area (Å²) in [5.74, 6) is 0.0973. The summed E-state index contributed by atoms with van der Waals surface area (Å²) in [5, 5.41) is 12.6. The zero-order chi connectivity index (χ0) is 16.9. The fourth-order valence-electron chi connectivity index (χ4n) is 1.88. The lowest BCUT2D eigenvalue weighted by Gasteiger charge is -2.06. The maximum absolute atomic E-state index is 11.9. The molecule has 0 spiro atoms. The van der Waals surface area contributed by atoms with Crippen molar-refractivity contribution in [2.24, 2.45) is 0 Å². The van der Waals surface area contributed by atoms with E-state index in [4.69, 9.17) is 27.9 Å². The number of para-hydroxylation sites is 1. The van der Waals surface area contributed by atoms with Crippen molar-refractivity contribution in [1.29, 1.82) is 0 Å². The number of aromatic nitrogens is 2. The molecule has 8 heteroatoms. The van der Waals surface area contributed by atoms with Crippen molar-refractivity contribution >= 4 is 45.6 Å². The van der Waals surface area contributed by atoms with E-state index in [9.17, 15) is 4.79 Å². The number of benzene rings is 2. The second-order valence-electron chi connectivity index (χ2n) is 4.66. The fourth-order valence-corrected chi connectivity index (χ4v) is 3.15. The highest BCUT2D eigenvalue weighted by molar-refractivity contribution is 7.18. The first-order chi connectivity index (χ1) is 11.6. The van der Waals surface area contributed by atoms with Crippen molar-refractivity contribution in [3.63, 3.8) is 0 Å². The van der Waals surface area contributed by atoms with E-state index >= 15 is 0 Å². The Morgan fingerprint density at radius 3 is 2.50 bits per heavy atom. The van der Waals surface area contributed by atoms with Crippen molar-refractivity contribution in [3.05, 3.63) is 58.6 Å². The molecule has 5 nitrogen and oxygen atoms in total. The largest absolute Gasteiger partial charge is 0.482 e. The van der Waals surface area contributed by atoms with E-state index in [1.165, 1.54) is 11.3 Å². The van der Waals surface area contributed by atoms with Crippen LogP contribution in [0.5, 0.6) is 5.75 Å². The summed E-state index contributed by atoms with van der Waals surface area (Å²) < 4.78 is 5.37. The molecule has 122 valence electrons. The summed E-state index contributed by atoms with van der Waals surface area (Å²) in [6.45, 7) is -0.176. The van der Waals surface area contributed by atoms with Gasteiger partial charge in [0.2, 0.25) is 5.13 Å². The molecule has 0 unspecified atom stereocenters. The van der Waals surface area contributed by atoms with Crippen LogP contribution in [0.15, 0.2) is 48.5 Å². The van der Waals surface area contributed by atoms with Crippen LogP contribution >= 0.6 is 34.5 Å². The summed E-state index contributed by atoms with van der Waals surface area (Å²) in [5.41, 5.74) is 0.768. The molecule has 0 saturated heterocycles. The lowest BCUT2D eigenvalue weighted by atomic mass is 10.2. The van der Waals surface area contributed by atoms with Crippen molar-refractivity contribution in [1.82, 2.24) is 10.2 Å². The highest BCUT2D eigenvalue weighted by Crippen LogP contribution is 2.31. The van der Waals surface area contributed by atoms with Gasteiger partial charge in [-0.3, -0.25) is 10.1 Å². The van der Waals surface area contributed by atoms with Crippen LogP contribution in [-0.2, 0) is 4.79 Å². The Hall–Kier alpha value is -2.15. The lowest BCUT2D eigenvalue weighted by molar-refractivity contribution is -0.118. The van der Waals surface area contributed by atoms with Gasteiger partial charge in [0, 0.05) is 5.56 Å². The number of nitrogens with one attached hydrogen (secondary N) is 1. The Kier molecular flexibility index (Phi) is 5.30. The quantitative estimate of drug-likeness (QED) is 0.707. The summed E-state index contributed by atoms with van der Waals surface area (Å²) in [6.07, 6.45) is 0. The third kappa shape index (κ3) is 4.03. The number of halogens is 2. The predicted molar refractivity (Wildman–Crippen MR) is 95.9 cm³/mol. The number of amides is 1. The van der Waals surface area contributed by atoms with Gasteiger partial charge in [-0.25, -0.2) is 0 Å². The van der Waals surface area contributed by atoms with Gasteiger partial charge in [-0.2, -0.15) is 0 Å². The molecular weight excluding hydrogens is 369 g/mol. The molecule has 0 aliphatic rings. The summed E-state index contributed by atoms with van der Waals surface area (Å²) in [4.78, 5) is 11.9. The van der Waals surface area contributed by atoms with Crippen LogP contribution in [0.2, 0.25) is 10.0 Å². The molecule has 1 aromatic heterocycles. The normalized spacial score (nSPS) is 10.4. The molecule has 1 N–H and O–H groups in total. The second kappa shape index (κ2) is 7.61. The van der Waals surface area contributed by atoms with Gasteiger partial charge in [0.05, 0.1) is 10.0 Å². The van der Waals surface area contributed by atoms with Crippen molar-refractivity contribution < 1.29 is 9.53 Å². The molecule has 0 atom stereocenters. The molecule has 0 saturated carbocycles. The van der Waals surface area contributed by atoms with Gasteiger partial charge in [-0.1, -0.05) is 64.9 Å². The average molecular weight is 380 g/mol. The number of hydrogen-bond donors (Lipinski definition) is 1. The van der Waals surface area contributed by atoms with Gasteiger partial charge in [0.1, 0.15) is 5.75 Å². The summed E-state index contributed by atoms with van der Waals surface area (Å²) in [7, 11) is 0. The standard InChI is InChI=1S/C16H11Cl2N3O2S/c17-11-6-2-1-5-10(11)15-20-21-16(24-15)19-14(22)9-23-13-8-4-3-7-12(13)18/h1-8H,9H2,(H,19,21,22). The fraction of sp³-hybridized carbons (Fsp3) is 0.0625. The molecule has 0 aliphatic heterocycles. The molecule has 3 aromatic rings. The molecule has 3 rings (SSSR count). The van der Waals surface area contributed by atoms with Gasteiger partial charge in [-0.15, -0.1) is 10.2 Å². The topological polar surface area (TPSA) is 64.1 Å². The molecule has 1 heterocycles. The number of nitrogens with zero attached hydrogens (tertiary/aromatic N) is 2. The first-order valence-corrected chi connectivity index (χ1v) is 8.46. The average Bonchev–Trinajstić information content (AvgIpc) is 3.03. The number of carbonyl (C=O) groups excluding carboxylic acids is 1. The minimum atomic E-state index is -0.350. The van der Waals surface area contributed by atoms with Crippen LogP contribution < -0.4 is 10.1 Å². The minimum absolute atomic E-state index is 0.176. The molecule has 1 amide bonds. The lowest BCUT2D eigenvalue weighted by Crippen LogP contribution is -2.20. The third-order valence-electron chi connectivity index (χ3n) is 2.97. The van der Waals surface area contributed by atoms with E-state index in [0.717, 1.165) is 5.56 Å². The van der Waals surface area contributed by atoms with Crippen LogP contribution in [0.4, 0.5) is 5.13 Å². The number of carbonyl (C=O) groups is 1. The summed E-state index contributed by atoms with van der Waals surface area (Å²) >= 11 is 13.3. The Morgan fingerprint density at radius 2 is 1.75 bits per heavy atom. The smallest absolute Gasteiger partial charge is 0.264 e. The zero-order valence-electron chi connectivity index (χ0n) is 12.2. The second-order valence-corrected chi connectivity index (χ2v) is 6.45. The van der Waals surface area contributed by atoms with E-state index in [0.29, 0.717) is 25.9 Å². The summed E-state index contributed by atoms with van der Waals surface area (Å²) in [6, 6.07) is 14.3. The molecular formula is C16H11Cl2N3O2S. The maximum atomic E-state index is 11.9. The van der Waals surface area contributed by atoms with Crippen LogP contribution in [0.25, 0.3) is 10.6 Å². The van der Waals surface area contributed by atoms with Gasteiger partial charge in [-0.05, 0) is 18.2 Å². The van der Waals surface area contributed by atoms with E-state index in [1.54, 1.807) is 30.3 Å². The SMILES string of the molecule is O=C(COc1ccccc1Cl)Nc1nnc(-c2ccccc2Cl)s1. The first kappa shape index (κ1) is 16.7. The van der Waals surface area contributed by atoms with Crippen LogP contribution in [0.3, 0.4) is 0 Å². The Morgan fingerprint density at radius 1 is 1.04 bits per heavy atom. The zero-order valence-corrected chi connectivity index (χ0v) is 14.5. The molecule has 0 bridgehead atoms.